The molecular formula is C18H31NO2. The van der Waals surface area contributed by atoms with E-state index in [9.17, 15) is 4.79 Å². The summed E-state index contributed by atoms with van der Waals surface area (Å²) in [4.78, 5) is 11.4. The molecule has 0 spiro atoms. The molecule has 1 fully saturated rings. The number of hydrogen-bond donors (Lipinski definition) is 1. The Kier molecular flexibility index (Phi) is 11.6. The summed E-state index contributed by atoms with van der Waals surface area (Å²) >= 11 is 0. The van der Waals surface area contributed by atoms with Gasteiger partial charge in [0.25, 0.3) is 0 Å². The maximum atomic E-state index is 11.4. The Morgan fingerprint density at radius 1 is 1.10 bits per heavy atom. The Morgan fingerprint density at radius 3 is 2.29 bits per heavy atom. The van der Waals surface area contributed by atoms with Crippen molar-refractivity contribution in [3.8, 4) is 0 Å². The van der Waals surface area contributed by atoms with Gasteiger partial charge in [0.15, 0.2) is 0 Å². The predicted octanol–water partition coefficient (Wildman–Crippen LogP) is 4.17. The number of carbonyl (C=O) groups is 1. The van der Waals surface area contributed by atoms with Crippen LogP contribution >= 0.6 is 0 Å². The Balaban J connectivity index is 0.000000921. The van der Waals surface area contributed by atoms with Gasteiger partial charge in [-0.15, -0.1) is 0 Å². The summed E-state index contributed by atoms with van der Waals surface area (Å²) in [5.41, 5.74) is 1.25. The van der Waals surface area contributed by atoms with Crippen LogP contribution in [0.3, 0.4) is 0 Å². The molecule has 0 saturated carbocycles. The van der Waals surface area contributed by atoms with Crippen molar-refractivity contribution in [1.29, 1.82) is 0 Å². The van der Waals surface area contributed by atoms with Gasteiger partial charge in [0.05, 0.1) is 5.92 Å². The molecule has 3 heteroatoms. The monoisotopic (exact) mass is 293 g/mol. The van der Waals surface area contributed by atoms with E-state index >= 15 is 0 Å². The average Bonchev–Trinajstić information content (AvgIpc) is 2.56. The van der Waals surface area contributed by atoms with Crippen molar-refractivity contribution in [3.63, 3.8) is 0 Å². The maximum absolute atomic E-state index is 11.4. The van der Waals surface area contributed by atoms with Crippen LogP contribution in [0.15, 0.2) is 30.3 Å². The van der Waals surface area contributed by atoms with E-state index in [2.05, 4.69) is 17.4 Å². The minimum Gasteiger partial charge on any atom is -0.461 e. The zero-order valence-electron chi connectivity index (χ0n) is 14.2. The van der Waals surface area contributed by atoms with Crippen LogP contribution in [-0.4, -0.2) is 18.6 Å². The van der Waals surface area contributed by atoms with Gasteiger partial charge in [-0.2, -0.15) is 0 Å². The van der Waals surface area contributed by atoms with E-state index in [1.165, 1.54) is 5.56 Å². The lowest BCUT2D eigenvalue weighted by atomic mass is 9.99. The lowest BCUT2D eigenvalue weighted by molar-refractivity contribution is -0.159. The zero-order chi connectivity index (χ0) is 16.1. The van der Waals surface area contributed by atoms with Gasteiger partial charge < -0.3 is 10.1 Å². The van der Waals surface area contributed by atoms with Gasteiger partial charge in [-0.3, -0.25) is 4.79 Å². The second-order valence-electron chi connectivity index (χ2n) is 4.65. The van der Waals surface area contributed by atoms with Crippen molar-refractivity contribution in [2.24, 2.45) is 5.92 Å². The maximum Gasteiger partial charge on any atom is 0.308 e. The van der Waals surface area contributed by atoms with Gasteiger partial charge in [-0.1, -0.05) is 65.0 Å². The zero-order valence-corrected chi connectivity index (χ0v) is 14.2. The molecule has 1 aliphatic heterocycles. The smallest absolute Gasteiger partial charge is 0.308 e. The molecule has 1 aromatic rings. The number of benzene rings is 1. The van der Waals surface area contributed by atoms with Crippen LogP contribution in [0.2, 0.25) is 0 Å². The van der Waals surface area contributed by atoms with Gasteiger partial charge in [0, 0.05) is 13.1 Å². The summed E-state index contributed by atoms with van der Waals surface area (Å²) in [6, 6.07) is 10.2. The Hall–Kier alpha value is -1.35. The predicted molar refractivity (Wildman–Crippen MR) is 89.1 cm³/mol. The fraction of sp³-hybridized carbons (Fsp3) is 0.611. The van der Waals surface area contributed by atoms with Crippen LogP contribution in [0.25, 0.3) is 0 Å². The molecule has 21 heavy (non-hydrogen) atoms. The summed E-state index contributed by atoms with van der Waals surface area (Å²) in [6.07, 6.45) is 1.95. The number of esters is 1. The number of cyclic esters (lactones) is 1. The Labute approximate surface area is 130 Å². The van der Waals surface area contributed by atoms with E-state index in [1.54, 1.807) is 0 Å². The van der Waals surface area contributed by atoms with E-state index in [0.717, 1.165) is 25.9 Å². The molecule has 1 N–H and O–H groups in total. The number of rotatable bonds is 4. The Morgan fingerprint density at radius 2 is 1.71 bits per heavy atom. The summed E-state index contributed by atoms with van der Waals surface area (Å²) in [7, 11) is 0. The van der Waals surface area contributed by atoms with Crippen LogP contribution < -0.4 is 5.32 Å². The first-order chi connectivity index (χ1) is 10.3. The highest BCUT2D eigenvalue weighted by Gasteiger charge is 2.26. The first kappa shape index (κ1) is 19.7. The Bertz CT molecular complexity index is 365. The van der Waals surface area contributed by atoms with E-state index in [-0.39, 0.29) is 18.0 Å². The van der Waals surface area contributed by atoms with Gasteiger partial charge in [0.1, 0.15) is 6.10 Å². The number of nitrogens with one attached hydrogen (secondary N) is 1. The molecule has 0 aliphatic carbocycles. The summed E-state index contributed by atoms with van der Waals surface area (Å²) in [6.45, 7) is 11.5. The molecule has 0 amide bonds. The molecule has 1 aromatic carbocycles. The molecule has 0 aromatic heterocycles. The van der Waals surface area contributed by atoms with E-state index < -0.39 is 0 Å². The van der Waals surface area contributed by atoms with Crippen molar-refractivity contribution >= 4 is 5.97 Å². The summed E-state index contributed by atoms with van der Waals surface area (Å²) < 4.78 is 5.34. The SMILES string of the molecule is CC.CC.CC1CCC(CNCc2ccccc2)OC1=O. The van der Waals surface area contributed by atoms with Crippen LogP contribution in [-0.2, 0) is 16.1 Å². The van der Waals surface area contributed by atoms with Crippen LogP contribution in [0.1, 0.15) is 53.0 Å². The number of ether oxygens (including phenoxy) is 1. The third kappa shape index (κ3) is 7.86. The van der Waals surface area contributed by atoms with Crippen molar-refractivity contribution < 1.29 is 9.53 Å². The van der Waals surface area contributed by atoms with Crippen LogP contribution in [0.4, 0.5) is 0 Å². The molecule has 2 rings (SSSR count). The quantitative estimate of drug-likeness (QED) is 0.847. The highest BCUT2D eigenvalue weighted by Crippen LogP contribution is 2.19. The fourth-order valence-electron chi connectivity index (χ4n) is 2.01. The standard InChI is InChI=1S/C14H19NO2.2C2H6/c1-11-7-8-13(17-14(11)16)10-15-9-12-5-3-2-4-6-12;2*1-2/h2-6,11,13,15H,7-10H2,1H3;2*1-2H3. The first-order valence-electron chi connectivity index (χ1n) is 8.21. The second kappa shape index (κ2) is 12.4. The van der Waals surface area contributed by atoms with Crippen molar-refractivity contribution in [1.82, 2.24) is 5.32 Å². The number of hydrogen-bond acceptors (Lipinski definition) is 3. The van der Waals surface area contributed by atoms with Gasteiger partial charge >= 0.3 is 5.97 Å². The van der Waals surface area contributed by atoms with E-state index in [4.69, 9.17) is 4.74 Å². The molecule has 0 radical (unpaired) electrons. The van der Waals surface area contributed by atoms with E-state index in [0.29, 0.717) is 0 Å². The average molecular weight is 293 g/mol. The number of carbonyl (C=O) groups excluding carboxylic acids is 1. The van der Waals surface area contributed by atoms with E-state index in [1.807, 2.05) is 52.8 Å². The normalized spacial score (nSPS) is 20.3. The lowest BCUT2D eigenvalue weighted by Crippen LogP contribution is -2.36. The summed E-state index contributed by atoms with van der Waals surface area (Å²) in [5.74, 6) is 0.0168. The fourth-order valence-corrected chi connectivity index (χ4v) is 2.01. The minimum atomic E-state index is -0.0530. The molecule has 1 saturated heterocycles. The third-order valence-corrected chi connectivity index (χ3v) is 3.15. The molecule has 2 unspecified atom stereocenters. The summed E-state index contributed by atoms with van der Waals surface area (Å²) in [5, 5.41) is 3.33. The van der Waals surface area contributed by atoms with Crippen molar-refractivity contribution in [3.05, 3.63) is 35.9 Å². The van der Waals surface area contributed by atoms with Gasteiger partial charge in [-0.05, 0) is 18.4 Å². The van der Waals surface area contributed by atoms with Crippen LogP contribution in [0.5, 0.6) is 0 Å². The van der Waals surface area contributed by atoms with Gasteiger partial charge in [0.2, 0.25) is 0 Å². The molecule has 3 nitrogen and oxygen atoms in total. The van der Waals surface area contributed by atoms with Gasteiger partial charge in [-0.25, -0.2) is 0 Å². The largest absolute Gasteiger partial charge is 0.461 e. The first-order valence-corrected chi connectivity index (χ1v) is 8.21. The van der Waals surface area contributed by atoms with Crippen molar-refractivity contribution in [2.45, 2.75) is 60.1 Å². The molecule has 120 valence electrons. The van der Waals surface area contributed by atoms with Crippen LogP contribution in [0, 0.1) is 5.92 Å². The minimum absolute atomic E-state index is 0.0439. The molecule has 1 heterocycles. The third-order valence-electron chi connectivity index (χ3n) is 3.15. The molecular weight excluding hydrogens is 262 g/mol. The second-order valence-corrected chi connectivity index (χ2v) is 4.65. The highest BCUT2D eigenvalue weighted by atomic mass is 16.5. The molecule has 2 atom stereocenters. The van der Waals surface area contributed by atoms with Crippen molar-refractivity contribution in [2.75, 3.05) is 6.54 Å². The molecule has 1 aliphatic rings. The topological polar surface area (TPSA) is 38.3 Å². The lowest BCUT2D eigenvalue weighted by Gasteiger charge is -2.26. The molecule has 0 bridgehead atoms. The highest BCUT2D eigenvalue weighted by molar-refractivity contribution is 5.72.